The molecular formula is C19H31N5O2. The maximum absolute atomic E-state index is 9.00. The largest absolute Gasteiger partial charge is 0.481 e. The first-order valence-corrected chi connectivity index (χ1v) is 9.24. The van der Waals surface area contributed by atoms with E-state index in [0.717, 1.165) is 44.1 Å². The molecule has 26 heavy (non-hydrogen) atoms. The van der Waals surface area contributed by atoms with Crippen LogP contribution >= 0.6 is 0 Å². The molecule has 2 heterocycles. The van der Waals surface area contributed by atoms with Crippen LogP contribution in [0.5, 0.6) is 0 Å². The molecule has 7 nitrogen and oxygen atoms in total. The Balaban J connectivity index is 0.000000552. The number of rotatable bonds is 3. The third-order valence-corrected chi connectivity index (χ3v) is 5.01. The summed E-state index contributed by atoms with van der Waals surface area (Å²) in [6, 6.07) is 9.24. The van der Waals surface area contributed by atoms with E-state index in [1.165, 1.54) is 31.7 Å². The lowest BCUT2D eigenvalue weighted by molar-refractivity contribution is -0.134. The van der Waals surface area contributed by atoms with Crippen LogP contribution in [0.2, 0.25) is 0 Å². The number of hydrogen-bond acceptors (Lipinski definition) is 6. The van der Waals surface area contributed by atoms with Crippen molar-refractivity contribution in [2.45, 2.75) is 26.3 Å². The van der Waals surface area contributed by atoms with Gasteiger partial charge in [0.2, 0.25) is 0 Å². The van der Waals surface area contributed by atoms with Crippen LogP contribution < -0.4 is 16.1 Å². The SMILES string of the molecule is CC(=O)O.CC1CNCCC1N1CCN(c2ccc(C=NN)cc2)CC1. The van der Waals surface area contributed by atoms with E-state index < -0.39 is 5.97 Å². The molecule has 0 aliphatic carbocycles. The average molecular weight is 361 g/mol. The molecule has 2 unspecified atom stereocenters. The van der Waals surface area contributed by atoms with Crippen molar-refractivity contribution >= 4 is 17.9 Å². The molecule has 2 aliphatic heterocycles. The fourth-order valence-corrected chi connectivity index (χ4v) is 3.71. The predicted octanol–water partition coefficient (Wildman–Crippen LogP) is 1.19. The summed E-state index contributed by atoms with van der Waals surface area (Å²) in [6.07, 6.45) is 2.97. The molecule has 2 aliphatic rings. The van der Waals surface area contributed by atoms with Crippen LogP contribution in [0, 0.1) is 5.92 Å². The minimum Gasteiger partial charge on any atom is -0.481 e. The Morgan fingerprint density at radius 2 is 1.88 bits per heavy atom. The van der Waals surface area contributed by atoms with E-state index in [9.17, 15) is 0 Å². The van der Waals surface area contributed by atoms with Crippen LogP contribution in [-0.4, -0.2) is 67.5 Å². The normalized spacial score (nSPS) is 24.2. The summed E-state index contributed by atoms with van der Waals surface area (Å²) in [5, 5.41) is 14.5. The zero-order valence-corrected chi connectivity index (χ0v) is 15.8. The van der Waals surface area contributed by atoms with Gasteiger partial charge in [0.1, 0.15) is 0 Å². The lowest BCUT2D eigenvalue weighted by Gasteiger charge is -2.44. The van der Waals surface area contributed by atoms with Crippen molar-refractivity contribution in [1.82, 2.24) is 10.2 Å². The molecule has 2 fully saturated rings. The highest BCUT2D eigenvalue weighted by molar-refractivity contribution is 5.80. The van der Waals surface area contributed by atoms with Gasteiger partial charge in [-0.1, -0.05) is 19.1 Å². The van der Waals surface area contributed by atoms with Gasteiger partial charge in [0.05, 0.1) is 6.21 Å². The molecular weight excluding hydrogens is 330 g/mol. The topological polar surface area (TPSA) is 94.2 Å². The van der Waals surface area contributed by atoms with E-state index in [-0.39, 0.29) is 0 Å². The minimum absolute atomic E-state index is 0.756. The zero-order chi connectivity index (χ0) is 18.9. The third kappa shape index (κ3) is 6.00. The molecule has 2 saturated heterocycles. The Morgan fingerprint density at radius 1 is 1.27 bits per heavy atom. The van der Waals surface area contributed by atoms with E-state index in [1.54, 1.807) is 6.21 Å². The number of nitrogens with two attached hydrogens (primary N) is 1. The number of hydrogen-bond donors (Lipinski definition) is 3. The van der Waals surface area contributed by atoms with Crippen molar-refractivity contribution in [3.05, 3.63) is 29.8 Å². The molecule has 0 saturated carbocycles. The van der Waals surface area contributed by atoms with E-state index >= 15 is 0 Å². The summed E-state index contributed by atoms with van der Waals surface area (Å²) < 4.78 is 0. The van der Waals surface area contributed by atoms with Gasteiger partial charge in [-0.3, -0.25) is 9.69 Å². The number of benzene rings is 1. The molecule has 0 amide bonds. The summed E-state index contributed by atoms with van der Waals surface area (Å²) in [4.78, 5) is 14.2. The molecule has 3 rings (SSSR count). The van der Waals surface area contributed by atoms with Gasteiger partial charge in [-0.15, -0.1) is 0 Å². The second-order valence-electron chi connectivity index (χ2n) is 6.95. The molecule has 2 atom stereocenters. The summed E-state index contributed by atoms with van der Waals surface area (Å²) >= 11 is 0. The van der Waals surface area contributed by atoms with Gasteiger partial charge in [-0.05, 0) is 43.1 Å². The number of nitrogens with one attached hydrogen (secondary N) is 1. The van der Waals surface area contributed by atoms with Crippen molar-refractivity contribution in [3.8, 4) is 0 Å². The Morgan fingerprint density at radius 3 is 2.42 bits per heavy atom. The Labute approximate surface area is 155 Å². The predicted molar refractivity (Wildman–Crippen MR) is 106 cm³/mol. The third-order valence-electron chi connectivity index (χ3n) is 5.01. The summed E-state index contributed by atoms with van der Waals surface area (Å²) in [6.45, 7) is 10.3. The first-order valence-electron chi connectivity index (χ1n) is 9.24. The molecule has 144 valence electrons. The van der Waals surface area contributed by atoms with Crippen LogP contribution in [-0.2, 0) is 4.79 Å². The summed E-state index contributed by atoms with van der Waals surface area (Å²) in [7, 11) is 0. The molecule has 0 aromatic heterocycles. The fraction of sp³-hybridized carbons (Fsp3) is 0.579. The fourth-order valence-electron chi connectivity index (χ4n) is 3.71. The maximum atomic E-state index is 9.00. The van der Waals surface area contributed by atoms with Crippen molar-refractivity contribution in [2.75, 3.05) is 44.2 Å². The average Bonchev–Trinajstić information content (AvgIpc) is 2.63. The van der Waals surface area contributed by atoms with Crippen LogP contribution in [0.4, 0.5) is 5.69 Å². The van der Waals surface area contributed by atoms with E-state index in [2.05, 4.69) is 51.4 Å². The Hall–Kier alpha value is -2.12. The van der Waals surface area contributed by atoms with Crippen molar-refractivity contribution in [3.63, 3.8) is 0 Å². The van der Waals surface area contributed by atoms with E-state index in [4.69, 9.17) is 15.7 Å². The lowest BCUT2D eigenvalue weighted by atomic mass is 9.93. The highest BCUT2D eigenvalue weighted by atomic mass is 16.4. The molecule has 0 bridgehead atoms. The summed E-state index contributed by atoms with van der Waals surface area (Å²) in [5.74, 6) is 5.11. The molecule has 1 aromatic carbocycles. The summed E-state index contributed by atoms with van der Waals surface area (Å²) in [5.41, 5.74) is 2.35. The van der Waals surface area contributed by atoms with Gasteiger partial charge in [-0.25, -0.2) is 0 Å². The van der Waals surface area contributed by atoms with Crippen molar-refractivity contribution in [2.24, 2.45) is 16.9 Å². The van der Waals surface area contributed by atoms with Gasteiger partial charge in [0.15, 0.2) is 0 Å². The monoisotopic (exact) mass is 361 g/mol. The molecule has 1 aromatic rings. The quantitative estimate of drug-likeness (QED) is 0.425. The number of anilines is 1. The van der Waals surface area contributed by atoms with Gasteiger partial charge in [0.25, 0.3) is 5.97 Å². The highest BCUT2D eigenvalue weighted by Crippen LogP contribution is 2.22. The van der Waals surface area contributed by atoms with Gasteiger partial charge in [-0.2, -0.15) is 5.10 Å². The molecule has 4 N–H and O–H groups in total. The molecule has 7 heteroatoms. The second-order valence-corrected chi connectivity index (χ2v) is 6.95. The van der Waals surface area contributed by atoms with Crippen molar-refractivity contribution < 1.29 is 9.90 Å². The van der Waals surface area contributed by atoms with Gasteiger partial charge >= 0.3 is 0 Å². The smallest absolute Gasteiger partial charge is 0.300 e. The van der Waals surface area contributed by atoms with Crippen LogP contribution in [0.25, 0.3) is 0 Å². The second kappa shape index (κ2) is 10.1. The van der Waals surface area contributed by atoms with E-state index in [1.807, 2.05) is 0 Å². The number of piperazine rings is 1. The van der Waals surface area contributed by atoms with Gasteiger partial charge in [0, 0.05) is 44.8 Å². The first-order chi connectivity index (χ1) is 12.5. The Kier molecular flexibility index (Phi) is 7.87. The molecule has 0 spiro atoms. The van der Waals surface area contributed by atoms with E-state index in [0.29, 0.717) is 0 Å². The van der Waals surface area contributed by atoms with Gasteiger partial charge < -0.3 is 21.2 Å². The number of carboxylic acid groups (broad SMARTS) is 1. The van der Waals surface area contributed by atoms with Crippen LogP contribution in [0.1, 0.15) is 25.8 Å². The number of aliphatic carboxylic acids is 1. The first kappa shape index (κ1) is 20.2. The number of carboxylic acids is 1. The number of piperidine rings is 1. The van der Waals surface area contributed by atoms with Crippen LogP contribution in [0.3, 0.4) is 0 Å². The minimum atomic E-state index is -0.833. The zero-order valence-electron chi connectivity index (χ0n) is 15.8. The number of carbonyl (C=O) groups is 1. The highest BCUT2D eigenvalue weighted by Gasteiger charge is 2.29. The lowest BCUT2D eigenvalue weighted by Crippen LogP contribution is -2.55. The van der Waals surface area contributed by atoms with Crippen molar-refractivity contribution in [1.29, 1.82) is 0 Å². The Bertz CT molecular complexity index is 578. The number of hydrazone groups is 1. The van der Waals surface area contributed by atoms with Crippen LogP contribution in [0.15, 0.2) is 29.4 Å². The maximum Gasteiger partial charge on any atom is 0.300 e. The molecule has 0 radical (unpaired) electrons. The standard InChI is InChI=1S/C17H27N5.C2H4O2/c1-14-12-19-7-6-17(14)22-10-8-21(9-11-22)16-4-2-15(3-5-16)13-20-18;1-2(3)4/h2-5,13-14,17,19H,6-12,18H2,1H3;1H3,(H,3,4). The number of nitrogens with zero attached hydrogens (tertiary/aromatic N) is 3.